The zero-order chi connectivity index (χ0) is 16.7. The fraction of sp³-hybridized carbons (Fsp3) is 1.00. The van der Waals surface area contributed by atoms with Crippen LogP contribution in [0, 0.1) is 40.4 Å². The van der Waals surface area contributed by atoms with Gasteiger partial charge in [0.2, 0.25) is 0 Å². The van der Waals surface area contributed by atoms with Crippen molar-refractivity contribution in [2.24, 2.45) is 40.4 Å². The highest BCUT2D eigenvalue weighted by molar-refractivity contribution is 5.08. The molecule has 0 saturated heterocycles. The fourth-order valence-corrected chi connectivity index (χ4v) is 8.07. The lowest BCUT2D eigenvalue weighted by atomic mass is 9.45. The van der Waals surface area contributed by atoms with Crippen molar-refractivity contribution in [3.8, 4) is 0 Å². The largest absolute Gasteiger partial charge is 0.0683 e. The average molecular weight is 321 g/mol. The standard InChI is InChI=1S/C21H36.C2H6.H2/c1-4-15-9-11-18-17-10-8-16-7-5-6-13-20(16,2)19(17)12-14-21(15,18)3;1-2;/h15-19H,4-14H2,1-3H3;1-2H3;1H/t15?,16?,17?,18?,19?,20-,21+;;/m0../s1. The van der Waals surface area contributed by atoms with Gasteiger partial charge in [0.15, 0.2) is 0 Å². The molecule has 0 aliphatic heterocycles. The summed E-state index contributed by atoms with van der Waals surface area (Å²) in [6.45, 7) is 11.8. The van der Waals surface area contributed by atoms with E-state index in [1.807, 2.05) is 13.8 Å². The highest BCUT2D eigenvalue weighted by atomic mass is 14.6. The van der Waals surface area contributed by atoms with Gasteiger partial charge < -0.3 is 0 Å². The zero-order valence-corrected chi connectivity index (χ0v) is 16.7. The monoisotopic (exact) mass is 320 g/mol. The van der Waals surface area contributed by atoms with Gasteiger partial charge in [0, 0.05) is 1.43 Å². The fourth-order valence-electron chi connectivity index (χ4n) is 8.07. The first-order valence-corrected chi connectivity index (χ1v) is 11.1. The molecule has 0 amide bonds. The summed E-state index contributed by atoms with van der Waals surface area (Å²) in [5.74, 6) is 5.39. The van der Waals surface area contributed by atoms with E-state index < -0.39 is 0 Å². The first-order chi connectivity index (χ1) is 11.1. The summed E-state index contributed by atoms with van der Waals surface area (Å²) < 4.78 is 0. The van der Waals surface area contributed by atoms with E-state index in [0.29, 0.717) is 5.41 Å². The van der Waals surface area contributed by atoms with Gasteiger partial charge in [-0.05, 0) is 91.8 Å². The maximum absolute atomic E-state index is 2.71. The Morgan fingerprint density at radius 3 is 2.26 bits per heavy atom. The molecular formula is C23H44. The molecule has 5 unspecified atom stereocenters. The molecule has 136 valence electrons. The lowest BCUT2D eigenvalue weighted by Crippen LogP contribution is -2.52. The van der Waals surface area contributed by atoms with E-state index in [4.69, 9.17) is 0 Å². The first kappa shape index (κ1) is 17.8. The van der Waals surface area contributed by atoms with Crippen molar-refractivity contribution in [2.45, 2.75) is 105 Å². The van der Waals surface area contributed by atoms with Crippen LogP contribution in [0.15, 0.2) is 0 Å². The van der Waals surface area contributed by atoms with E-state index in [9.17, 15) is 0 Å². The molecule has 0 spiro atoms. The third kappa shape index (κ3) is 2.62. The maximum atomic E-state index is 2.71. The summed E-state index contributed by atoms with van der Waals surface area (Å²) in [5.41, 5.74) is 1.45. The molecule has 23 heavy (non-hydrogen) atoms. The Morgan fingerprint density at radius 1 is 0.783 bits per heavy atom. The molecule has 7 atom stereocenters. The van der Waals surface area contributed by atoms with Crippen molar-refractivity contribution in [1.82, 2.24) is 0 Å². The normalized spacial score (nSPS) is 51.8. The molecule has 0 radical (unpaired) electrons. The molecule has 4 aliphatic carbocycles. The number of hydrogen-bond acceptors (Lipinski definition) is 0. The minimum absolute atomic E-state index is 0. The Hall–Kier alpha value is 0. The van der Waals surface area contributed by atoms with Crippen molar-refractivity contribution in [1.29, 1.82) is 0 Å². The molecule has 0 heterocycles. The summed E-state index contributed by atoms with van der Waals surface area (Å²) in [7, 11) is 0. The van der Waals surface area contributed by atoms with E-state index >= 15 is 0 Å². The van der Waals surface area contributed by atoms with Gasteiger partial charge in [-0.25, -0.2) is 0 Å². The van der Waals surface area contributed by atoms with Crippen LogP contribution in [0.2, 0.25) is 0 Å². The van der Waals surface area contributed by atoms with Gasteiger partial charge in [0.1, 0.15) is 0 Å². The smallest absolute Gasteiger partial charge is 0 e. The summed E-state index contributed by atoms with van der Waals surface area (Å²) in [5, 5.41) is 0. The number of rotatable bonds is 1. The summed E-state index contributed by atoms with van der Waals surface area (Å²) >= 11 is 0. The molecule has 0 aromatic carbocycles. The SMILES string of the molecule is CC.CCC1CCC2C3CCC4CCCC[C@]4(C)C3CC[C@]12C.[HH]. The molecule has 0 aromatic rings. The molecule has 4 fully saturated rings. The van der Waals surface area contributed by atoms with E-state index in [2.05, 4.69) is 20.8 Å². The Balaban J connectivity index is 0.000000670. The third-order valence-electron chi connectivity index (χ3n) is 9.27. The van der Waals surface area contributed by atoms with Crippen molar-refractivity contribution in [2.75, 3.05) is 0 Å². The molecule has 4 saturated carbocycles. The Morgan fingerprint density at radius 2 is 1.52 bits per heavy atom. The van der Waals surface area contributed by atoms with E-state index in [1.54, 1.807) is 51.4 Å². The molecule has 0 heteroatoms. The molecule has 0 nitrogen and oxygen atoms in total. The van der Waals surface area contributed by atoms with Crippen LogP contribution < -0.4 is 0 Å². The lowest BCUT2D eigenvalue weighted by molar-refractivity contribution is -0.110. The minimum Gasteiger partial charge on any atom is -0.0683 e. The van der Waals surface area contributed by atoms with Crippen LogP contribution in [0.3, 0.4) is 0 Å². The molecular weight excluding hydrogens is 276 g/mol. The Bertz CT molecular complexity index is 405. The topological polar surface area (TPSA) is 0 Å². The molecule has 0 bridgehead atoms. The minimum atomic E-state index is 0. The highest BCUT2D eigenvalue weighted by Gasteiger charge is 2.59. The quantitative estimate of drug-likeness (QED) is 0.464. The van der Waals surface area contributed by atoms with Gasteiger partial charge in [-0.3, -0.25) is 0 Å². The maximum Gasteiger partial charge on any atom is 0 e. The van der Waals surface area contributed by atoms with Gasteiger partial charge in [-0.2, -0.15) is 0 Å². The van der Waals surface area contributed by atoms with Gasteiger partial charge in [-0.1, -0.05) is 53.9 Å². The number of hydrogen-bond donors (Lipinski definition) is 0. The van der Waals surface area contributed by atoms with Crippen molar-refractivity contribution in [3.05, 3.63) is 0 Å². The van der Waals surface area contributed by atoms with Crippen molar-refractivity contribution < 1.29 is 1.43 Å². The molecule has 0 aromatic heterocycles. The van der Waals surface area contributed by atoms with Gasteiger partial charge in [-0.15, -0.1) is 0 Å². The third-order valence-corrected chi connectivity index (χ3v) is 9.27. The Kier molecular flexibility index (Phi) is 5.20. The van der Waals surface area contributed by atoms with Crippen LogP contribution in [0.1, 0.15) is 107 Å². The van der Waals surface area contributed by atoms with E-state index in [0.717, 1.165) is 35.0 Å². The summed E-state index contributed by atoms with van der Waals surface area (Å²) in [6, 6.07) is 0. The Labute approximate surface area is 147 Å². The van der Waals surface area contributed by atoms with Crippen LogP contribution in [-0.2, 0) is 0 Å². The molecule has 4 aliphatic rings. The van der Waals surface area contributed by atoms with Crippen LogP contribution in [0.25, 0.3) is 0 Å². The zero-order valence-electron chi connectivity index (χ0n) is 16.7. The van der Waals surface area contributed by atoms with Crippen LogP contribution >= 0.6 is 0 Å². The molecule has 0 N–H and O–H groups in total. The van der Waals surface area contributed by atoms with Gasteiger partial charge in [0.25, 0.3) is 0 Å². The van der Waals surface area contributed by atoms with Gasteiger partial charge >= 0.3 is 0 Å². The highest BCUT2D eigenvalue weighted by Crippen LogP contribution is 2.67. The second-order valence-corrected chi connectivity index (χ2v) is 9.63. The van der Waals surface area contributed by atoms with Crippen LogP contribution in [-0.4, -0.2) is 0 Å². The van der Waals surface area contributed by atoms with Gasteiger partial charge in [0.05, 0.1) is 0 Å². The predicted molar refractivity (Wildman–Crippen MR) is 104 cm³/mol. The predicted octanol–water partition coefficient (Wildman–Crippen LogP) is 7.72. The van der Waals surface area contributed by atoms with Crippen LogP contribution in [0.4, 0.5) is 0 Å². The molecule has 4 rings (SSSR count). The summed E-state index contributed by atoms with van der Waals surface area (Å²) in [4.78, 5) is 0. The first-order valence-electron chi connectivity index (χ1n) is 11.1. The average Bonchev–Trinajstić information content (AvgIpc) is 2.92. The lowest BCUT2D eigenvalue weighted by Gasteiger charge is -2.60. The van der Waals surface area contributed by atoms with Crippen molar-refractivity contribution >= 4 is 0 Å². The van der Waals surface area contributed by atoms with E-state index in [-0.39, 0.29) is 1.43 Å². The second-order valence-electron chi connectivity index (χ2n) is 9.63. The van der Waals surface area contributed by atoms with Crippen LogP contribution in [0.5, 0.6) is 0 Å². The van der Waals surface area contributed by atoms with Crippen molar-refractivity contribution in [3.63, 3.8) is 0 Å². The second kappa shape index (κ2) is 6.72. The summed E-state index contributed by atoms with van der Waals surface area (Å²) in [6.07, 6.45) is 17.0. The number of fused-ring (bicyclic) bond motifs is 5. The van der Waals surface area contributed by atoms with E-state index in [1.165, 1.54) is 19.3 Å².